The van der Waals surface area contributed by atoms with E-state index in [2.05, 4.69) is 12.2 Å². The van der Waals surface area contributed by atoms with Gasteiger partial charge >= 0.3 is 5.97 Å². The number of rotatable bonds is 4. The first kappa shape index (κ1) is 12.0. The van der Waals surface area contributed by atoms with E-state index in [1.54, 1.807) is 0 Å². The summed E-state index contributed by atoms with van der Waals surface area (Å²) in [6, 6.07) is 0. The van der Waals surface area contributed by atoms with Gasteiger partial charge in [-0.3, -0.25) is 4.79 Å². The van der Waals surface area contributed by atoms with Gasteiger partial charge in [-0.1, -0.05) is 37.5 Å². The number of carbonyl (C=O) groups is 1. The zero-order valence-electron chi connectivity index (χ0n) is 9.45. The Morgan fingerprint density at radius 2 is 2.00 bits per heavy atom. The van der Waals surface area contributed by atoms with Crippen molar-refractivity contribution in [3.8, 4) is 0 Å². The number of hydrogen-bond donors (Lipinski definition) is 0. The Hall–Kier alpha value is -1.05. The van der Waals surface area contributed by atoms with Crippen molar-refractivity contribution in [2.75, 3.05) is 6.61 Å². The predicted molar refractivity (Wildman–Crippen MR) is 61.5 cm³/mol. The second kappa shape index (κ2) is 7.27. The van der Waals surface area contributed by atoms with Crippen LogP contribution in [0.3, 0.4) is 0 Å². The van der Waals surface area contributed by atoms with Crippen LogP contribution < -0.4 is 0 Å². The lowest BCUT2D eigenvalue weighted by Gasteiger charge is -2.17. The van der Waals surface area contributed by atoms with Crippen molar-refractivity contribution in [1.82, 2.24) is 0 Å². The van der Waals surface area contributed by atoms with E-state index in [-0.39, 0.29) is 5.97 Å². The topological polar surface area (TPSA) is 26.3 Å². The van der Waals surface area contributed by atoms with Crippen LogP contribution in [-0.2, 0) is 9.53 Å². The molecule has 1 fully saturated rings. The third-order valence-electron chi connectivity index (χ3n) is 2.66. The van der Waals surface area contributed by atoms with Crippen molar-refractivity contribution >= 4 is 5.97 Å². The highest BCUT2D eigenvalue weighted by Crippen LogP contribution is 2.24. The van der Waals surface area contributed by atoms with Gasteiger partial charge in [0.1, 0.15) is 6.61 Å². The highest BCUT2D eigenvalue weighted by Gasteiger charge is 2.08. The second-order valence-electron chi connectivity index (χ2n) is 4.01. The fraction of sp³-hybridized carbons (Fsp3) is 0.615. The Morgan fingerprint density at radius 3 is 2.67 bits per heavy atom. The first-order valence-electron chi connectivity index (χ1n) is 5.76. The Bertz CT molecular complexity index is 235. The van der Waals surface area contributed by atoms with Gasteiger partial charge in [0.2, 0.25) is 0 Å². The molecule has 0 spiro atoms. The molecule has 0 radical (unpaired) electrons. The molecule has 2 nitrogen and oxygen atoms in total. The highest BCUT2D eigenvalue weighted by atomic mass is 16.5. The molecule has 0 aromatic rings. The zero-order chi connectivity index (χ0) is 10.9. The van der Waals surface area contributed by atoms with Crippen LogP contribution in [0.5, 0.6) is 0 Å². The lowest BCUT2D eigenvalue weighted by atomic mass is 9.89. The molecule has 1 saturated carbocycles. The molecular formula is C13H20O2. The van der Waals surface area contributed by atoms with Crippen molar-refractivity contribution in [3.05, 3.63) is 24.3 Å². The molecule has 0 heterocycles. The largest absolute Gasteiger partial charge is 0.462 e. The van der Waals surface area contributed by atoms with Gasteiger partial charge in [-0.25, -0.2) is 0 Å². The zero-order valence-corrected chi connectivity index (χ0v) is 9.45. The monoisotopic (exact) mass is 208 g/mol. The molecule has 0 aromatic heterocycles. The molecule has 0 saturated heterocycles. The summed E-state index contributed by atoms with van der Waals surface area (Å²) in [6.45, 7) is 1.80. The lowest BCUT2D eigenvalue weighted by molar-refractivity contribution is -0.139. The highest BCUT2D eigenvalue weighted by molar-refractivity contribution is 5.65. The van der Waals surface area contributed by atoms with Gasteiger partial charge in [-0.05, 0) is 24.8 Å². The maximum Gasteiger partial charge on any atom is 0.302 e. The van der Waals surface area contributed by atoms with Gasteiger partial charge in [0.15, 0.2) is 0 Å². The van der Waals surface area contributed by atoms with Gasteiger partial charge in [0, 0.05) is 6.92 Å². The Kier molecular flexibility index (Phi) is 5.83. The van der Waals surface area contributed by atoms with Crippen LogP contribution in [0.2, 0.25) is 0 Å². The summed E-state index contributed by atoms with van der Waals surface area (Å²) >= 11 is 0. The van der Waals surface area contributed by atoms with Crippen LogP contribution in [0.1, 0.15) is 39.0 Å². The van der Waals surface area contributed by atoms with Crippen LogP contribution in [0.4, 0.5) is 0 Å². The minimum absolute atomic E-state index is 0.226. The predicted octanol–water partition coefficient (Wildman–Crippen LogP) is 3.24. The van der Waals surface area contributed by atoms with E-state index in [1.807, 2.05) is 12.2 Å². The van der Waals surface area contributed by atoms with Crippen molar-refractivity contribution in [3.63, 3.8) is 0 Å². The number of esters is 1. The summed E-state index contributed by atoms with van der Waals surface area (Å²) in [5, 5.41) is 0. The number of ether oxygens (including phenoxy) is 1. The Labute approximate surface area is 92.0 Å². The molecule has 0 atom stereocenters. The van der Waals surface area contributed by atoms with Crippen LogP contribution in [0.15, 0.2) is 24.3 Å². The second-order valence-corrected chi connectivity index (χ2v) is 4.01. The first-order chi connectivity index (χ1) is 7.29. The van der Waals surface area contributed by atoms with Crippen molar-refractivity contribution in [1.29, 1.82) is 0 Å². The van der Waals surface area contributed by atoms with E-state index >= 15 is 0 Å². The average molecular weight is 208 g/mol. The van der Waals surface area contributed by atoms with E-state index in [0.717, 1.165) is 5.92 Å². The molecule has 84 valence electrons. The maximum absolute atomic E-state index is 10.4. The van der Waals surface area contributed by atoms with Crippen molar-refractivity contribution < 1.29 is 9.53 Å². The summed E-state index contributed by atoms with van der Waals surface area (Å²) in [5.74, 6) is 0.535. The SMILES string of the molecule is CC(=O)OC/C=C/C=CC1CCCCC1. The normalized spacial score (nSPS) is 18.7. The quantitative estimate of drug-likeness (QED) is 0.523. The first-order valence-corrected chi connectivity index (χ1v) is 5.76. The van der Waals surface area contributed by atoms with E-state index in [9.17, 15) is 4.79 Å². The fourth-order valence-electron chi connectivity index (χ4n) is 1.85. The molecular weight excluding hydrogens is 188 g/mol. The molecule has 0 amide bonds. The van der Waals surface area contributed by atoms with E-state index in [4.69, 9.17) is 4.74 Å². The summed E-state index contributed by atoms with van der Waals surface area (Å²) in [7, 11) is 0. The van der Waals surface area contributed by atoms with Crippen LogP contribution in [-0.4, -0.2) is 12.6 Å². The molecule has 0 unspecified atom stereocenters. The standard InChI is InChI=1S/C13H20O2/c1-12(14)15-11-7-3-6-10-13-8-4-2-5-9-13/h3,6-7,10,13H,2,4-5,8-9,11H2,1H3/b7-3+,10-6?. The molecule has 0 bridgehead atoms. The summed E-state index contributed by atoms with van der Waals surface area (Å²) in [6.07, 6.45) is 14.9. The van der Waals surface area contributed by atoms with Gasteiger partial charge < -0.3 is 4.74 Å². The minimum Gasteiger partial charge on any atom is -0.462 e. The molecule has 1 rings (SSSR count). The number of hydrogen-bond acceptors (Lipinski definition) is 2. The molecule has 15 heavy (non-hydrogen) atoms. The molecule has 0 aliphatic heterocycles. The lowest BCUT2D eigenvalue weighted by Crippen LogP contribution is -2.02. The smallest absolute Gasteiger partial charge is 0.302 e. The van der Waals surface area contributed by atoms with Gasteiger partial charge in [0.25, 0.3) is 0 Å². The molecule has 2 heteroatoms. The maximum atomic E-state index is 10.4. The summed E-state index contributed by atoms with van der Waals surface area (Å²) in [4.78, 5) is 10.4. The van der Waals surface area contributed by atoms with Crippen molar-refractivity contribution in [2.24, 2.45) is 5.92 Å². The van der Waals surface area contributed by atoms with Gasteiger partial charge in [-0.2, -0.15) is 0 Å². The summed E-state index contributed by atoms with van der Waals surface area (Å²) in [5.41, 5.74) is 0. The van der Waals surface area contributed by atoms with Crippen LogP contribution in [0, 0.1) is 5.92 Å². The van der Waals surface area contributed by atoms with Gasteiger partial charge in [-0.15, -0.1) is 0 Å². The third-order valence-corrected chi connectivity index (χ3v) is 2.66. The minimum atomic E-state index is -0.226. The number of carbonyl (C=O) groups excluding carboxylic acids is 1. The van der Waals surface area contributed by atoms with E-state index in [1.165, 1.54) is 39.0 Å². The van der Waals surface area contributed by atoms with Gasteiger partial charge in [0.05, 0.1) is 0 Å². The summed E-state index contributed by atoms with van der Waals surface area (Å²) < 4.78 is 4.77. The fourth-order valence-corrected chi connectivity index (χ4v) is 1.85. The van der Waals surface area contributed by atoms with Crippen LogP contribution >= 0.6 is 0 Å². The average Bonchev–Trinajstić information content (AvgIpc) is 2.24. The number of allylic oxidation sites excluding steroid dienone is 3. The van der Waals surface area contributed by atoms with Crippen LogP contribution in [0.25, 0.3) is 0 Å². The van der Waals surface area contributed by atoms with E-state index < -0.39 is 0 Å². The third kappa shape index (κ3) is 6.10. The Morgan fingerprint density at radius 1 is 1.27 bits per heavy atom. The molecule has 1 aliphatic rings. The Balaban J connectivity index is 2.11. The molecule has 0 aromatic carbocycles. The van der Waals surface area contributed by atoms with Crippen molar-refractivity contribution in [2.45, 2.75) is 39.0 Å². The molecule has 0 N–H and O–H groups in total. The molecule has 1 aliphatic carbocycles. The van der Waals surface area contributed by atoms with E-state index in [0.29, 0.717) is 6.61 Å².